The molecule has 33 heavy (non-hydrogen) atoms. The molecule has 2 rings (SSSR count). The first-order valence-corrected chi connectivity index (χ1v) is 11.2. The maximum absolute atomic E-state index is 12.8. The summed E-state index contributed by atoms with van der Waals surface area (Å²) >= 11 is 5.45. The summed E-state index contributed by atoms with van der Waals surface area (Å²) in [7, 11) is 0. The summed E-state index contributed by atoms with van der Waals surface area (Å²) < 4.78 is 0. The maximum atomic E-state index is 12.8. The van der Waals surface area contributed by atoms with Crippen molar-refractivity contribution in [3.8, 4) is 0 Å². The molecule has 2 aromatic carbocycles. The molecule has 0 aliphatic heterocycles. The average molecular weight is 470 g/mol. The Morgan fingerprint density at radius 2 is 1.76 bits per heavy atom. The summed E-state index contributed by atoms with van der Waals surface area (Å²) in [5, 5.41) is 9.66. The number of unbranched alkanes of at least 4 members (excludes halogenated alkanes) is 2. The Bertz CT molecular complexity index is 1020. The van der Waals surface area contributed by atoms with Gasteiger partial charge in [-0.2, -0.15) is 0 Å². The van der Waals surface area contributed by atoms with Crippen LogP contribution in [-0.4, -0.2) is 28.8 Å². The molecule has 0 saturated heterocycles. The molecule has 0 fully saturated rings. The number of rotatable bonds is 10. The molecule has 0 atom stereocenters. The van der Waals surface area contributed by atoms with Crippen LogP contribution in [-0.2, 0) is 0 Å². The van der Waals surface area contributed by atoms with Crippen LogP contribution in [0.2, 0.25) is 0 Å². The van der Waals surface area contributed by atoms with E-state index in [0.29, 0.717) is 28.3 Å². The van der Waals surface area contributed by atoms with Gasteiger partial charge in [0.1, 0.15) is 0 Å². The van der Waals surface area contributed by atoms with Gasteiger partial charge in [-0.3, -0.25) is 19.8 Å². The van der Waals surface area contributed by atoms with Gasteiger partial charge < -0.3 is 16.0 Å². The minimum Gasteiger partial charge on any atom is -0.358 e. The SMILES string of the molecule is CCCCCC(C)(C)NC(=S)Nc1cccc(C(=O)Nc2ccc(C=O)c(C(=O)NN)c2)c1. The molecule has 2 amide bonds. The van der Waals surface area contributed by atoms with Gasteiger partial charge in [-0.1, -0.05) is 32.3 Å². The lowest BCUT2D eigenvalue weighted by atomic mass is 9.97. The number of hydrazine groups is 1. The number of nitrogens with two attached hydrogens (primary N) is 1. The Balaban J connectivity index is 2.07. The first kappa shape index (κ1) is 26.0. The van der Waals surface area contributed by atoms with E-state index in [1.807, 2.05) is 11.5 Å². The van der Waals surface area contributed by atoms with Crippen molar-refractivity contribution >= 4 is 46.8 Å². The second kappa shape index (κ2) is 12.1. The highest BCUT2D eigenvalue weighted by Crippen LogP contribution is 2.18. The van der Waals surface area contributed by atoms with Gasteiger partial charge in [-0.05, 0) is 68.9 Å². The molecule has 0 aliphatic rings. The van der Waals surface area contributed by atoms with Crippen molar-refractivity contribution in [2.75, 3.05) is 10.6 Å². The second-order valence-electron chi connectivity index (χ2n) is 8.35. The van der Waals surface area contributed by atoms with Gasteiger partial charge in [-0.15, -0.1) is 0 Å². The lowest BCUT2D eigenvalue weighted by molar-refractivity contribution is 0.0947. The number of anilines is 2. The first-order chi connectivity index (χ1) is 15.7. The van der Waals surface area contributed by atoms with Crippen molar-refractivity contribution in [1.29, 1.82) is 0 Å². The van der Waals surface area contributed by atoms with E-state index >= 15 is 0 Å². The predicted octanol–water partition coefficient (Wildman–Crippen LogP) is 4.00. The summed E-state index contributed by atoms with van der Waals surface area (Å²) in [6.07, 6.45) is 5.01. The van der Waals surface area contributed by atoms with Crippen molar-refractivity contribution in [3.05, 3.63) is 59.2 Å². The summed E-state index contributed by atoms with van der Waals surface area (Å²) in [5.41, 5.74) is 3.50. The van der Waals surface area contributed by atoms with E-state index < -0.39 is 5.91 Å². The Morgan fingerprint density at radius 3 is 2.42 bits per heavy atom. The van der Waals surface area contributed by atoms with Gasteiger partial charge in [0.15, 0.2) is 11.4 Å². The molecular weight excluding hydrogens is 438 g/mol. The first-order valence-electron chi connectivity index (χ1n) is 10.8. The second-order valence-corrected chi connectivity index (χ2v) is 8.76. The number of nitrogens with one attached hydrogen (secondary N) is 4. The van der Waals surface area contributed by atoms with Crippen LogP contribution in [0, 0.1) is 0 Å². The van der Waals surface area contributed by atoms with Gasteiger partial charge in [-0.25, -0.2) is 5.84 Å². The molecule has 9 heteroatoms. The van der Waals surface area contributed by atoms with Crippen LogP contribution < -0.4 is 27.2 Å². The summed E-state index contributed by atoms with van der Waals surface area (Å²) in [4.78, 5) is 35.8. The highest BCUT2D eigenvalue weighted by atomic mass is 32.1. The molecule has 0 heterocycles. The number of thiocarbonyl (C=S) groups is 1. The van der Waals surface area contributed by atoms with E-state index in [9.17, 15) is 14.4 Å². The lowest BCUT2D eigenvalue weighted by Gasteiger charge is -2.28. The summed E-state index contributed by atoms with van der Waals surface area (Å²) in [6.45, 7) is 6.39. The molecule has 8 nitrogen and oxygen atoms in total. The fraction of sp³-hybridized carbons (Fsp3) is 0.333. The summed E-state index contributed by atoms with van der Waals surface area (Å²) in [5.74, 6) is 4.16. The number of carbonyl (C=O) groups is 3. The van der Waals surface area contributed by atoms with E-state index in [2.05, 4.69) is 36.7 Å². The van der Waals surface area contributed by atoms with Crippen LogP contribution >= 0.6 is 12.2 Å². The maximum Gasteiger partial charge on any atom is 0.265 e. The third-order valence-electron chi connectivity index (χ3n) is 5.05. The highest BCUT2D eigenvalue weighted by molar-refractivity contribution is 7.80. The van der Waals surface area contributed by atoms with Crippen molar-refractivity contribution in [2.24, 2.45) is 5.84 Å². The van der Waals surface area contributed by atoms with Gasteiger partial charge in [0.05, 0.1) is 5.56 Å². The molecular formula is C24H31N5O3S. The predicted molar refractivity (Wildman–Crippen MR) is 135 cm³/mol. The number of hydrogen-bond donors (Lipinski definition) is 5. The van der Waals surface area contributed by atoms with Crippen molar-refractivity contribution in [2.45, 2.75) is 52.0 Å². The van der Waals surface area contributed by atoms with E-state index in [0.717, 1.165) is 19.3 Å². The van der Waals surface area contributed by atoms with Crippen LogP contribution in [0.5, 0.6) is 0 Å². The Morgan fingerprint density at radius 1 is 1.03 bits per heavy atom. The minimum absolute atomic E-state index is 0.0682. The van der Waals surface area contributed by atoms with E-state index in [-0.39, 0.29) is 22.6 Å². The van der Waals surface area contributed by atoms with Crippen LogP contribution in [0.4, 0.5) is 11.4 Å². The van der Waals surface area contributed by atoms with Crippen molar-refractivity contribution in [3.63, 3.8) is 0 Å². The lowest BCUT2D eigenvalue weighted by Crippen LogP contribution is -2.45. The number of benzene rings is 2. The highest BCUT2D eigenvalue weighted by Gasteiger charge is 2.18. The fourth-order valence-corrected chi connectivity index (χ4v) is 3.70. The van der Waals surface area contributed by atoms with Gasteiger partial charge in [0, 0.05) is 28.0 Å². The van der Waals surface area contributed by atoms with Crippen molar-refractivity contribution < 1.29 is 14.4 Å². The molecule has 0 aliphatic carbocycles. The molecule has 0 radical (unpaired) electrons. The topological polar surface area (TPSA) is 125 Å². The number of nitrogen functional groups attached to an aromatic ring is 1. The Hall–Kier alpha value is -3.30. The molecule has 0 spiro atoms. The number of carbonyl (C=O) groups excluding carboxylic acids is 3. The van der Waals surface area contributed by atoms with Crippen LogP contribution in [0.15, 0.2) is 42.5 Å². The molecule has 0 saturated carbocycles. The van der Waals surface area contributed by atoms with Crippen molar-refractivity contribution in [1.82, 2.24) is 10.7 Å². The zero-order valence-corrected chi connectivity index (χ0v) is 20.0. The van der Waals surface area contributed by atoms with E-state index in [1.54, 1.807) is 18.2 Å². The van der Waals surface area contributed by atoms with Crippen LogP contribution in [0.1, 0.15) is 77.5 Å². The average Bonchev–Trinajstić information content (AvgIpc) is 2.78. The standard InChI is InChI=1S/C24H31N5O3S/c1-4-5-6-12-24(2,3)28-23(33)27-18-9-7-8-16(13-18)21(31)26-19-11-10-17(15-30)20(14-19)22(32)29-25/h7-11,13-15H,4-6,12,25H2,1-3H3,(H,26,31)(H,29,32)(H2,27,28,33). The van der Waals surface area contributed by atoms with E-state index in [4.69, 9.17) is 18.1 Å². The zero-order chi connectivity index (χ0) is 24.4. The fourth-order valence-electron chi connectivity index (χ4n) is 3.30. The molecule has 176 valence electrons. The normalized spacial score (nSPS) is 10.8. The molecule has 6 N–H and O–H groups in total. The number of aldehydes is 1. The Kier molecular flexibility index (Phi) is 9.50. The smallest absolute Gasteiger partial charge is 0.265 e. The van der Waals surface area contributed by atoms with Crippen LogP contribution in [0.25, 0.3) is 0 Å². The molecule has 0 unspecified atom stereocenters. The van der Waals surface area contributed by atoms with E-state index in [1.165, 1.54) is 24.6 Å². The quantitative estimate of drug-likeness (QED) is 0.0889. The van der Waals surface area contributed by atoms with Gasteiger partial charge in [0.2, 0.25) is 0 Å². The van der Waals surface area contributed by atoms with Gasteiger partial charge >= 0.3 is 0 Å². The monoisotopic (exact) mass is 469 g/mol. The van der Waals surface area contributed by atoms with Gasteiger partial charge in [0.25, 0.3) is 11.8 Å². The molecule has 2 aromatic rings. The third-order valence-corrected chi connectivity index (χ3v) is 5.26. The number of hydrogen-bond acceptors (Lipinski definition) is 5. The molecule has 0 aromatic heterocycles. The Labute approximate surface area is 199 Å². The van der Waals surface area contributed by atoms with Crippen LogP contribution in [0.3, 0.4) is 0 Å². The third kappa shape index (κ3) is 7.96. The number of amides is 2. The minimum atomic E-state index is -0.627. The summed E-state index contributed by atoms with van der Waals surface area (Å²) in [6, 6.07) is 11.3. The zero-order valence-electron chi connectivity index (χ0n) is 19.2. The molecule has 0 bridgehead atoms. The largest absolute Gasteiger partial charge is 0.358 e.